The van der Waals surface area contributed by atoms with Crippen molar-refractivity contribution in [2.24, 2.45) is 5.73 Å². The molecule has 2 rings (SSSR count). The van der Waals surface area contributed by atoms with Gasteiger partial charge in [-0.15, -0.1) is 0 Å². The highest BCUT2D eigenvalue weighted by atomic mass is 16.5. The first kappa shape index (κ1) is 12.0. The van der Waals surface area contributed by atoms with E-state index in [1.54, 1.807) is 7.11 Å². The van der Waals surface area contributed by atoms with Crippen LogP contribution >= 0.6 is 0 Å². The van der Waals surface area contributed by atoms with Crippen molar-refractivity contribution >= 4 is 10.9 Å². The summed E-state index contributed by atoms with van der Waals surface area (Å²) < 4.78 is 7.55. The number of methoxy groups -OCH3 is 1. The van der Waals surface area contributed by atoms with E-state index in [1.165, 1.54) is 16.5 Å². The minimum absolute atomic E-state index is 0.745. The van der Waals surface area contributed by atoms with E-state index in [0.29, 0.717) is 0 Å². The fourth-order valence-corrected chi connectivity index (χ4v) is 2.23. The Kier molecular flexibility index (Phi) is 3.69. The van der Waals surface area contributed by atoms with Crippen LogP contribution in [0, 0.1) is 0 Å². The third-order valence-electron chi connectivity index (χ3n) is 3.16. The highest BCUT2D eigenvalue weighted by Crippen LogP contribution is 2.26. The number of fused-ring (bicyclic) bond motifs is 1. The first-order chi connectivity index (χ1) is 8.30. The molecule has 1 aromatic carbocycles. The second-order valence-electron chi connectivity index (χ2n) is 4.22. The number of aryl methyl sites for hydroxylation is 2. The summed E-state index contributed by atoms with van der Waals surface area (Å²) in [7, 11) is 1.70. The number of rotatable bonds is 5. The van der Waals surface area contributed by atoms with E-state index in [4.69, 9.17) is 10.5 Å². The molecule has 0 bridgehead atoms. The minimum atomic E-state index is 0.745. The highest BCUT2D eigenvalue weighted by Gasteiger charge is 2.08. The lowest BCUT2D eigenvalue weighted by atomic mass is 10.1. The second-order valence-corrected chi connectivity index (χ2v) is 4.22. The summed E-state index contributed by atoms with van der Waals surface area (Å²) in [4.78, 5) is 0. The van der Waals surface area contributed by atoms with Gasteiger partial charge >= 0.3 is 0 Å². The summed E-state index contributed by atoms with van der Waals surface area (Å²) in [5.41, 5.74) is 8.21. The lowest BCUT2D eigenvalue weighted by Gasteiger charge is -2.03. The van der Waals surface area contributed by atoms with Crippen LogP contribution < -0.4 is 10.5 Å². The number of nitrogens with two attached hydrogens (primary N) is 1. The molecular weight excluding hydrogens is 212 g/mol. The molecule has 0 spiro atoms. The van der Waals surface area contributed by atoms with Gasteiger partial charge in [-0.05, 0) is 44.0 Å². The van der Waals surface area contributed by atoms with Crippen LogP contribution in [0.25, 0.3) is 10.9 Å². The van der Waals surface area contributed by atoms with Crippen molar-refractivity contribution in [3.8, 4) is 5.75 Å². The molecule has 17 heavy (non-hydrogen) atoms. The molecule has 0 radical (unpaired) electrons. The van der Waals surface area contributed by atoms with Crippen LogP contribution in [-0.2, 0) is 13.0 Å². The molecule has 2 aromatic rings. The van der Waals surface area contributed by atoms with Gasteiger partial charge < -0.3 is 15.0 Å². The quantitative estimate of drug-likeness (QED) is 0.860. The predicted molar refractivity (Wildman–Crippen MR) is 71.5 cm³/mol. The molecule has 0 saturated carbocycles. The third kappa shape index (κ3) is 2.29. The summed E-state index contributed by atoms with van der Waals surface area (Å²) in [5.74, 6) is 0.913. The summed E-state index contributed by atoms with van der Waals surface area (Å²) >= 11 is 0. The van der Waals surface area contributed by atoms with Gasteiger partial charge in [-0.2, -0.15) is 0 Å². The molecule has 0 aliphatic carbocycles. The highest BCUT2D eigenvalue weighted by molar-refractivity contribution is 5.85. The van der Waals surface area contributed by atoms with Gasteiger partial charge in [-0.3, -0.25) is 0 Å². The lowest BCUT2D eigenvalue weighted by Crippen LogP contribution is -1.99. The molecule has 92 valence electrons. The minimum Gasteiger partial charge on any atom is -0.497 e. The van der Waals surface area contributed by atoms with E-state index in [1.807, 2.05) is 6.07 Å². The van der Waals surface area contributed by atoms with Crippen LogP contribution in [0.4, 0.5) is 0 Å². The van der Waals surface area contributed by atoms with Gasteiger partial charge in [0.05, 0.1) is 12.6 Å². The van der Waals surface area contributed by atoms with E-state index in [0.717, 1.165) is 31.7 Å². The van der Waals surface area contributed by atoms with Crippen molar-refractivity contribution in [2.45, 2.75) is 26.3 Å². The Labute approximate surface area is 102 Å². The molecule has 1 heterocycles. The monoisotopic (exact) mass is 232 g/mol. The standard InChI is InChI=1S/C14H20N2O/c1-3-16-10-11(5-4-8-15)13-7-6-12(17-2)9-14(13)16/h6-7,9-10H,3-5,8,15H2,1-2H3. The maximum absolute atomic E-state index is 5.58. The lowest BCUT2D eigenvalue weighted by molar-refractivity contribution is 0.415. The van der Waals surface area contributed by atoms with Crippen LogP contribution in [0.3, 0.4) is 0 Å². The SMILES string of the molecule is CCn1cc(CCCN)c2ccc(OC)cc21. The van der Waals surface area contributed by atoms with E-state index >= 15 is 0 Å². The van der Waals surface area contributed by atoms with Crippen molar-refractivity contribution < 1.29 is 4.74 Å². The second kappa shape index (κ2) is 5.23. The van der Waals surface area contributed by atoms with Crippen molar-refractivity contribution in [3.63, 3.8) is 0 Å². The van der Waals surface area contributed by atoms with E-state index in [-0.39, 0.29) is 0 Å². The van der Waals surface area contributed by atoms with Gasteiger partial charge in [0, 0.05) is 24.2 Å². The Morgan fingerprint density at radius 1 is 1.35 bits per heavy atom. The van der Waals surface area contributed by atoms with Gasteiger partial charge in [-0.1, -0.05) is 0 Å². The van der Waals surface area contributed by atoms with E-state index in [9.17, 15) is 0 Å². The van der Waals surface area contributed by atoms with Gasteiger partial charge in [0.15, 0.2) is 0 Å². The molecule has 2 N–H and O–H groups in total. The van der Waals surface area contributed by atoms with Crippen molar-refractivity contribution in [1.29, 1.82) is 0 Å². The van der Waals surface area contributed by atoms with Gasteiger partial charge in [0.2, 0.25) is 0 Å². The molecule has 0 unspecified atom stereocenters. The van der Waals surface area contributed by atoms with Crippen molar-refractivity contribution in [1.82, 2.24) is 4.57 Å². The smallest absolute Gasteiger partial charge is 0.120 e. The molecule has 0 aliphatic rings. The fraction of sp³-hybridized carbons (Fsp3) is 0.429. The molecule has 1 aromatic heterocycles. The molecule has 0 amide bonds. The Morgan fingerprint density at radius 2 is 2.18 bits per heavy atom. The topological polar surface area (TPSA) is 40.2 Å². The van der Waals surface area contributed by atoms with E-state index in [2.05, 4.69) is 29.8 Å². The molecule has 0 saturated heterocycles. The maximum Gasteiger partial charge on any atom is 0.120 e. The molecule has 0 fully saturated rings. The number of aromatic nitrogens is 1. The van der Waals surface area contributed by atoms with E-state index < -0.39 is 0 Å². The zero-order chi connectivity index (χ0) is 12.3. The first-order valence-electron chi connectivity index (χ1n) is 6.16. The largest absolute Gasteiger partial charge is 0.497 e. The number of nitrogens with zero attached hydrogens (tertiary/aromatic N) is 1. The molecule has 0 atom stereocenters. The summed E-state index contributed by atoms with van der Waals surface area (Å²) in [6.07, 6.45) is 4.32. The van der Waals surface area contributed by atoms with Gasteiger partial charge in [0.25, 0.3) is 0 Å². The Balaban J connectivity index is 2.48. The van der Waals surface area contributed by atoms with Gasteiger partial charge in [-0.25, -0.2) is 0 Å². The van der Waals surface area contributed by atoms with Crippen LogP contribution in [0.1, 0.15) is 18.9 Å². The van der Waals surface area contributed by atoms with Crippen molar-refractivity contribution in [3.05, 3.63) is 30.0 Å². The van der Waals surface area contributed by atoms with Crippen LogP contribution in [0.5, 0.6) is 5.75 Å². The molecule has 0 aliphatic heterocycles. The zero-order valence-corrected chi connectivity index (χ0v) is 10.6. The molecular formula is C14H20N2O. The Bertz CT molecular complexity index is 502. The Hall–Kier alpha value is -1.48. The average Bonchev–Trinajstić information content (AvgIpc) is 2.73. The van der Waals surface area contributed by atoms with Crippen molar-refractivity contribution in [2.75, 3.05) is 13.7 Å². The fourth-order valence-electron chi connectivity index (χ4n) is 2.23. The zero-order valence-electron chi connectivity index (χ0n) is 10.6. The predicted octanol–water partition coefficient (Wildman–Crippen LogP) is 2.56. The number of hydrogen-bond acceptors (Lipinski definition) is 2. The number of hydrogen-bond donors (Lipinski definition) is 1. The maximum atomic E-state index is 5.58. The van der Waals surface area contributed by atoms with Crippen LogP contribution in [-0.4, -0.2) is 18.2 Å². The molecule has 3 nitrogen and oxygen atoms in total. The number of ether oxygens (including phenoxy) is 1. The Morgan fingerprint density at radius 3 is 2.82 bits per heavy atom. The molecule has 3 heteroatoms. The third-order valence-corrected chi connectivity index (χ3v) is 3.16. The van der Waals surface area contributed by atoms with Gasteiger partial charge in [0.1, 0.15) is 5.75 Å². The number of benzene rings is 1. The van der Waals surface area contributed by atoms with Crippen LogP contribution in [0.2, 0.25) is 0 Å². The average molecular weight is 232 g/mol. The van der Waals surface area contributed by atoms with Crippen LogP contribution in [0.15, 0.2) is 24.4 Å². The normalized spacial score (nSPS) is 11.0. The summed E-state index contributed by atoms with van der Waals surface area (Å²) in [6, 6.07) is 6.27. The summed E-state index contributed by atoms with van der Waals surface area (Å²) in [6.45, 7) is 3.88. The first-order valence-corrected chi connectivity index (χ1v) is 6.16. The summed E-state index contributed by atoms with van der Waals surface area (Å²) in [5, 5.41) is 1.32.